The van der Waals surface area contributed by atoms with Gasteiger partial charge in [-0.1, -0.05) is 0 Å². The number of rotatable bonds is 1. The fourth-order valence-electron chi connectivity index (χ4n) is 1.67. The van der Waals surface area contributed by atoms with E-state index in [1.807, 2.05) is 0 Å². The Bertz CT molecular complexity index is 336. The van der Waals surface area contributed by atoms with Crippen LogP contribution in [0.4, 0.5) is 13.6 Å². The molecule has 1 saturated heterocycles. The van der Waals surface area contributed by atoms with Crippen LogP contribution in [0.5, 0.6) is 0 Å². The van der Waals surface area contributed by atoms with E-state index in [0.29, 0.717) is 0 Å². The van der Waals surface area contributed by atoms with Crippen molar-refractivity contribution in [1.29, 1.82) is 0 Å². The van der Waals surface area contributed by atoms with Gasteiger partial charge in [0.25, 0.3) is 5.92 Å². The fourth-order valence-corrected chi connectivity index (χ4v) is 1.67. The summed E-state index contributed by atoms with van der Waals surface area (Å²) in [6, 6.07) is 0. The van der Waals surface area contributed by atoms with E-state index >= 15 is 0 Å². The van der Waals surface area contributed by atoms with Crippen LogP contribution >= 0.6 is 0 Å². The van der Waals surface area contributed by atoms with E-state index < -0.39 is 35.9 Å². The minimum Gasteiger partial charge on any atom is -0.444 e. The first-order valence-electron chi connectivity index (χ1n) is 5.39. The number of carbonyl (C=O) groups excluding carboxylic acids is 2. The largest absolute Gasteiger partial charge is 0.444 e. The summed E-state index contributed by atoms with van der Waals surface area (Å²) in [5.41, 5.74) is -0.735. The number of carbonyl (C=O) groups is 2. The molecule has 1 aliphatic rings. The van der Waals surface area contributed by atoms with Crippen LogP contribution in [0.2, 0.25) is 0 Å². The van der Waals surface area contributed by atoms with Crippen LogP contribution in [-0.4, -0.2) is 41.4 Å². The molecule has 1 rings (SSSR count). The van der Waals surface area contributed by atoms with Crippen molar-refractivity contribution in [2.24, 2.45) is 5.92 Å². The highest BCUT2D eigenvalue weighted by Gasteiger charge is 2.52. The summed E-state index contributed by atoms with van der Waals surface area (Å²) in [5, 5.41) is 0. The minimum absolute atomic E-state index is 0.281. The van der Waals surface area contributed by atoms with E-state index in [-0.39, 0.29) is 6.54 Å². The van der Waals surface area contributed by atoms with Gasteiger partial charge in [0.15, 0.2) is 0 Å². The SMILES string of the molecule is CC(=O)C1CN(C(=O)OC(C)(C)C)CC1(F)F. The third kappa shape index (κ3) is 3.38. The van der Waals surface area contributed by atoms with Crippen LogP contribution in [0.1, 0.15) is 27.7 Å². The molecule has 1 atom stereocenters. The van der Waals surface area contributed by atoms with Crippen LogP contribution in [0.25, 0.3) is 0 Å². The zero-order chi connectivity index (χ0) is 13.4. The molecular formula is C11H17F2NO3. The second kappa shape index (κ2) is 4.23. The molecule has 1 fully saturated rings. The van der Waals surface area contributed by atoms with Crippen molar-refractivity contribution in [2.45, 2.75) is 39.2 Å². The number of ether oxygens (including phenoxy) is 1. The van der Waals surface area contributed by atoms with Crippen LogP contribution in [0.3, 0.4) is 0 Å². The van der Waals surface area contributed by atoms with Crippen molar-refractivity contribution in [1.82, 2.24) is 4.90 Å². The number of hydrogen-bond acceptors (Lipinski definition) is 3. The average Bonchev–Trinajstić information content (AvgIpc) is 2.38. The highest BCUT2D eigenvalue weighted by Crippen LogP contribution is 2.34. The molecule has 1 unspecified atom stereocenters. The predicted molar refractivity (Wildman–Crippen MR) is 56.9 cm³/mol. The first-order chi connectivity index (χ1) is 7.53. The maximum Gasteiger partial charge on any atom is 0.410 e. The predicted octanol–water partition coefficient (Wildman–Crippen LogP) is 2.08. The minimum atomic E-state index is -3.16. The zero-order valence-corrected chi connectivity index (χ0v) is 10.4. The maximum atomic E-state index is 13.4. The molecule has 0 aliphatic carbocycles. The van der Waals surface area contributed by atoms with Gasteiger partial charge in [-0.3, -0.25) is 4.79 Å². The number of halogens is 2. The number of hydrogen-bond donors (Lipinski definition) is 0. The van der Waals surface area contributed by atoms with Gasteiger partial charge >= 0.3 is 6.09 Å². The second-order valence-electron chi connectivity index (χ2n) is 5.29. The third-order valence-electron chi connectivity index (χ3n) is 2.46. The van der Waals surface area contributed by atoms with Gasteiger partial charge < -0.3 is 9.64 Å². The van der Waals surface area contributed by atoms with Crippen molar-refractivity contribution in [3.05, 3.63) is 0 Å². The van der Waals surface area contributed by atoms with Crippen molar-refractivity contribution < 1.29 is 23.1 Å². The first kappa shape index (κ1) is 13.9. The third-order valence-corrected chi connectivity index (χ3v) is 2.46. The highest BCUT2D eigenvalue weighted by molar-refractivity contribution is 5.81. The Morgan fingerprint density at radius 1 is 1.35 bits per heavy atom. The lowest BCUT2D eigenvalue weighted by Gasteiger charge is -2.24. The van der Waals surface area contributed by atoms with Gasteiger partial charge in [-0.05, 0) is 27.7 Å². The first-order valence-corrected chi connectivity index (χ1v) is 5.39. The lowest BCUT2D eigenvalue weighted by Crippen LogP contribution is -2.36. The number of likely N-dealkylation sites (tertiary alicyclic amines) is 1. The molecule has 1 heterocycles. The second-order valence-corrected chi connectivity index (χ2v) is 5.29. The molecule has 1 amide bonds. The molecule has 0 N–H and O–H groups in total. The molecule has 0 saturated carbocycles. The number of ketones is 1. The molecule has 0 bridgehead atoms. The van der Waals surface area contributed by atoms with Gasteiger partial charge in [0, 0.05) is 6.54 Å². The molecule has 0 aromatic rings. The monoisotopic (exact) mass is 249 g/mol. The number of Topliss-reactive ketones (excluding diaryl/α,β-unsaturated/α-hetero) is 1. The maximum absolute atomic E-state index is 13.4. The van der Waals surface area contributed by atoms with Gasteiger partial charge in [0.2, 0.25) is 0 Å². The Balaban J connectivity index is 2.72. The topological polar surface area (TPSA) is 46.6 Å². The van der Waals surface area contributed by atoms with Gasteiger partial charge in [0.1, 0.15) is 17.3 Å². The Morgan fingerprint density at radius 3 is 2.24 bits per heavy atom. The van der Waals surface area contributed by atoms with E-state index in [0.717, 1.165) is 11.8 Å². The summed E-state index contributed by atoms with van der Waals surface area (Å²) >= 11 is 0. The van der Waals surface area contributed by atoms with E-state index in [1.54, 1.807) is 20.8 Å². The van der Waals surface area contributed by atoms with E-state index in [2.05, 4.69) is 0 Å². The zero-order valence-electron chi connectivity index (χ0n) is 10.4. The highest BCUT2D eigenvalue weighted by atomic mass is 19.3. The Kier molecular flexibility index (Phi) is 3.45. The van der Waals surface area contributed by atoms with Crippen LogP contribution in [0, 0.1) is 5.92 Å². The van der Waals surface area contributed by atoms with Gasteiger partial charge in [0.05, 0.1) is 6.54 Å². The quantitative estimate of drug-likeness (QED) is 0.714. The Morgan fingerprint density at radius 2 is 1.88 bits per heavy atom. The molecule has 1 aliphatic heterocycles. The fraction of sp³-hybridized carbons (Fsp3) is 0.818. The van der Waals surface area contributed by atoms with Crippen LogP contribution in [0.15, 0.2) is 0 Å². The average molecular weight is 249 g/mol. The molecule has 0 aromatic carbocycles. The van der Waals surface area contributed by atoms with E-state index in [1.165, 1.54) is 0 Å². The molecule has 98 valence electrons. The van der Waals surface area contributed by atoms with E-state index in [4.69, 9.17) is 4.74 Å². The number of amides is 1. The lowest BCUT2D eigenvalue weighted by molar-refractivity contribution is -0.129. The summed E-state index contributed by atoms with van der Waals surface area (Å²) in [5.74, 6) is -5.20. The number of nitrogens with zero attached hydrogens (tertiary/aromatic N) is 1. The van der Waals surface area contributed by atoms with Gasteiger partial charge in [-0.15, -0.1) is 0 Å². The van der Waals surface area contributed by atoms with Crippen LogP contribution in [-0.2, 0) is 9.53 Å². The van der Waals surface area contributed by atoms with Crippen molar-refractivity contribution in [2.75, 3.05) is 13.1 Å². The smallest absolute Gasteiger partial charge is 0.410 e. The Hall–Kier alpha value is -1.20. The molecule has 0 spiro atoms. The molecule has 6 heteroatoms. The van der Waals surface area contributed by atoms with Crippen molar-refractivity contribution in [3.63, 3.8) is 0 Å². The summed E-state index contributed by atoms with van der Waals surface area (Å²) in [7, 11) is 0. The molecule has 0 aromatic heterocycles. The normalized spacial score (nSPS) is 23.6. The van der Waals surface area contributed by atoms with Crippen molar-refractivity contribution >= 4 is 11.9 Å². The van der Waals surface area contributed by atoms with Gasteiger partial charge in [-0.25, -0.2) is 13.6 Å². The Labute approximate surface area is 98.9 Å². The standard InChI is InChI=1S/C11H17F2NO3/c1-7(15)8-5-14(6-11(8,12)13)9(16)17-10(2,3)4/h8H,5-6H2,1-4H3. The summed E-state index contributed by atoms with van der Waals surface area (Å²) < 4.78 is 31.9. The van der Waals surface area contributed by atoms with Gasteiger partial charge in [-0.2, -0.15) is 0 Å². The van der Waals surface area contributed by atoms with Crippen molar-refractivity contribution in [3.8, 4) is 0 Å². The summed E-state index contributed by atoms with van der Waals surface area (Å²) in [4.78, 5) is 23.5. The molecular weight excluding hydrogens is 232 g/mol. The molecule has 17 heavy (non-hydrogen) atoms. The lowest BCUT2D eigenvalue weighted by atomic mass is 10.0. The molecule has 0 radical (unpaired) electrons. The molecule has 4 nitrogen and oxygen atoms in total. The number of alkyl halides is 2. The van der Waals surface area contributed by atoms with Crippen LogP contribution < -0.4 is 0 Å². The van der Waals surface area contributed by atoms with E-state index in [9.17, 15) is 18.4 Å². The summed E-state index contributed by atoms with van der Waals surface area (Å²) in [6.07, 6.45) is -0.805. The summed E-state index contributed by atoms with van der Waals surface area (Å²) in [6.45, 7) is 5.03.